The van der Waals surface area contributed by atoms with Crippen LogP contribution in [0.1, 0.15) is 0 Å². The lowest BCUT2D eigenvalue weighted by molar-refractivity contribution is 0.296. The first-order chi connectivity index (χ1) is 2.81. The highest BCUT2D eigenvalue weighted by Crippen LogP contribution is 1.91. The molecule has 0 N–H and O–H groups in total. The molecular weight excluding hydrogens is 74.9 g/mol. The fraction of sp³-hybridized carbons (Fsp3) is 0.500. The van der Waals surface area contributed by atoms with Crippen molar-refractivity contribution in [3.63, 3.8) is 0 Å². The molecule has 0 saturated heterocycles. The number of ether oxygens (including phenoxy) is 1. The summed E-state index contributed by atoms with van der Waals surface area (Å²) in [5.41, 5.74) is 0. The number of rotatable bonds is 2. The van der Waals surface area contributed by atoms with Crippen LogP contribution in [0, 0.1) is 0 Å². The average Bonchev–Trinajstić information content (AvgIpc) is 1.65. The standard InChI is InChI=1S/C4H7BO/c1-4(3-5)6-2/h1,3H2,2H3. The van der Waals surface area contributed by atoms with E-state index in [9.17, 15) is 0 Å². The normalized spacial score (nSPS) is 7.50. The maximum atomic E-state index is 5.06. The summed E-state index contributed by atoms with van der Waals surface area (Å²) in [6.07, 6.45) is 0.413. The minimum atomic E-state index is 0.413. The van der Waals surface area contributed by atoms with E-state index < -0.39 is 0 Å². The molecule has 0 atom stereocenters. The van der Waals surface area contributed by atoms with Crippen molar-refractivity contribution in [3.05, 3.63) is 12.3 Å². The minimum absolute atomic E-state index is 0.413. The third kappa shape index (κ3) is 1.88. The molecule has 2 radical (unpaired) electrons. The van der Waals surface area contributed by atoms with Crippen LogP contribution in [0.5, 0.6) is 0 Å². The average molecular weight is 81.9 g/mol. The van der Waals surface area contributed by atoms with E-state index in [1.807, 2.05) is 0 Å². The van der Waals surface area contributed by atoms with Gasteiger partial charge in [0.05, 0.1) is 20.7 Å². The monoisotopic (exact) mass is 82.1 g/mol. The highest BCUT2D eigenvalue weighted by Gasteiger charge is 1.77. The Morgan fingerprint density at radius 3 is 2.50 bits per heavy atom. The van der Waals surface area contributed by atoms with Gasteiger partial charge in [-0.1, -0.05) is 6.58 Å². The zero-order chi connectivity index (χ0) is 4.99. The molecule has 0 bridgehead atoms. The molecule has 0 aromatic carbocycles. The van der Waals surface area contributed by atoms with Gasteiger partial charge >= 0.3 is 0 Å². The van der Waals surface area contributed by atoms with E-state index in [4.69, 9.17) is 7.85 Å². The van der Waals surface area contributed by atoms with E-state index in [0.717, 1.165) is 0 Å². The van der Waals surface area contributed by atoms with Gasteiger partial charge in [0.25, 0.3) is 0 Å². The van der Waals surface area contributed by atoms with Crippen molar-refractivity contribution in [2.75, 3.05) is 7.11 Å². The largest absolute Gasteiger partial charge is 0.503 e. The molecule has 0 aliphatic heterocycles. The molecule has 1 nitrogen and oxygen atoms in total. The molecule has 0 fully saturated rings. The summed E-state index contributed by atoms with van der Waals surface area (Å²) in [6, 6.07) is 0. The molecule has 0 spiro atoms. The van der Waals surface area contributed by atoms with E-state index in [-0.39, 0.29) is 0 Å². The maximum absolute atomic E-state index is 5.06. The molecule has 0 rings (SSSR count). The van der Waals surface area contributed by atoms with Crippen LogP contribution in [0.3, 0.4) is 0 Å². The van der Waals surface area contributed by atoms with Gasteiger partial charge in [-0.25, -0.2) is 0 Å². The molecule has 0 unspecified atom stereocenters. The minimum Gasteiger partial charge on any atom is -0.503 e. The third-order valence-electron chi connectivity index (χ3n) is 0.516. The van der Waals surface area contributed by atoms with E-state index in [0.29, 0.717) is 12.1 Å². The Morgan fingerprint density at radius 2 is 2.50 bits per heavy atom. The van der Waals surface area contributed by atoms with Gasteiger partial charge in [0.2, 0.25) is 0 Å². The summed E-state index contributed by atoms with van der Waals surface area (Å²) in [7, 11) is 6.61. The molecule has 0 saturated carbocycles. The maximum Gasteiger partial charge on any atom is 0.0798 e. The van der Waals surface area contributed by atoms with Crippen molar-refractivity contribution in [3.8, 4) is 0 Å². The Kier molecular flexibility index (Phi) is 2.64. The number of hydrogen-bond donors (Lipinski definition) is 0. The second-order valence-corrected chi connectivity index (χ2v) is 0.947. The van der Waals surface area contributed by atoms with Gasteiger partial charge in [-0.2, -0.15) is 0 Å². The fourth-order valence-corrected chi connectivity index (χ4v) is 0.0833. The molecule has 0 aromatic rings. The van der Waals surface area contributed by atoms with Crippen molar-refractivity contribution >= 4 is 7.85 Å². The summed E-state index contributed by atoms with van der Waals surface area (Å²) in [4.78, 5) is 0. The van der Waals surface area contributed by atoms with Gasteiger partial charge in [-0.3, -0.25) is 0 Å². The van der Waals surface area contributed by atoms with Crippen LogP contribution in [0.15, 0.2) is 12.3 Å². The third-order valence-corrected chi connectivity index (χ3v) is 0.516. The van der Waals surface area contributed by atoms with Crippen LogP contribution in [0.25, 0.3) is 0 Å². The molecule has 6 heavy (non-hydrogen) atoms. The van der Waals surface area contributed by atoms with Crippen LogP contribution >= 0.6 is 0 Å². The Morgan fingerprint density at radius 1 is 2.00 bits per heavy atom. The van der Waals surface area contributed by atoms with Crippen LogP contribution in [0.4, 0.5) is 0 Å². The predicted molar refractivity (Wildman–Crippen MR) is 26.7 cm³/mol. The van der Waals surface area contributed by atoms with Crippen molar-refractivity contribution < 1.29 is 4.74 Å². The van der Waals surface area contributed by atoms with Crippen molar-refractivity contribution in [1.29, 1.82) is 0 Å². The topological polar surface area (TPSA) is 9.23 Å². The summed E-state index contributed by atoms with van der Waals surface area (Å²) >= 11 is 0. The van der Waals surface area contributed by atoms with Crippen molar-refractivity contribution in [2.45, 2.75) is 6.32 Å². The Balaban J connectivity index is 2.99. The molecule has 0 amide bonds. The summed E-state index contributed by atoms with van der Waals surface area (Å²) in [5, 5.41) is 0. The zero-order valence-corrected chi connectivity index (χ0v) is 3.90. The van der Waals surface area contributed by atoms with E-state index in [1.54, 1.807) is 7.11 Å². The molecule has 0 aliphatic carbocycles. The lowest BCUT2D eigenvalue weighted by Gasteiger charge is -1.94. The summed E-state index contributed by atoms with van der Waals surface area (Å²) in [6.45, 7) is 3.44. The lowest BCUT2D eigenvalue weighted by Crippen LogP contribution is -1.79. The highest BCUT2D eigenvalue weighted by molar-refractivity contribution is 6.09. The first kappa shape index (κ1) is 5.60. The van der Waals surface area contributed by atoms with E-state index in [1.165, 1.54) is 0 Å². The quantitative estimate of drug-likeness (QED) is 0.352. The van der Waals surface area contributed by atoms with Crippen molar-refractivity contribution in [2.24, 2.45) is 0 Å². The zero-order valence-electron chi connectivity index (χ0n) is 3.90. The Labute approximate surface area is 39.4 Å². The summed E-state index contributed by atoms with van der Waals surface area (Å²) in [5.74, 6) is 0.620. The number of allylic oxidation sites excluding steroid dienone is 1. The molecular formula is C4H7BO. The molecule has 2 heteroatoms. The first-order valence-electron chi connectivity index (χ1n) is 1.73. The van der Waals surface area contributed by atoms with Crippen molar-refractivity contribution in [1.82, 2.24) is 0 Å². The van der Waals surface area contributed by atoms with Crippen LogP contribution in [-0.4, -0.2) is 15.0 Å². The Hall–Kier alpha value is -0.395. The molecule has 0 aromatic heterocycles. The predicted octanol–water partition coefficient (Wildman–Crippen LogP) is 0.733. The van der Waals surface area contributed by atoms with Gasteiger partial charge < -0.3 is 4.74 Å². The number of hydrogen-bond acceptors (Lipinski definition) is 1. The van der Waals surface area contributed by atoms with E-state index in [2.05, 4.69) is 11.3 Å². The van der Waals surface area contributed by atoms with Crippen LogP contribution < -0.4 is 0 Å². The smallest absolute Gasteiger partial charge is 0.0798 e. The number of methoxy groups -OCH3 is 1. The van der Waals surface area contributed by atoms with Gasteiger partial charge in [-0.05, 0) is 6.32 Å². The second-order valence-electron chi connectivity index (χ2n) is 0.947. The molecule has 32 valence electrons. The summed E-state index contributed by atoms with van der Waals surface area (Å²) < 4.78 is 4.58. The second kappa shape index (κ2) is 2.82. The van der Waals surface area contributed by atoms with Crippen LogP contribution in [-0.2, 0) is 4.74 Å². The highest BCUT2D eigenvalue weighted by atomic mass is 16.5. The molecule has 0 aliphatic rings. The lowest BCUT2D eigenvalue weighted by atomic mass is 10.0. The molecule has 0 heterocycles. The fourth-order valence-electron chi connectivity index (χ4n) is 0.0833. The van der Waals surface area contributed by atoms with Crippen LogP contribution in [0.2, 0.25) is 6.32 Å². The van der Waals surface area contributed by atoms with Gasteiger partial charge in [0, 0.05) is 0 Å². The van der Waals surface area contributed by atoms with Gasteiger partial charge in [0.1, 0.15) is 0 Å². The first-order valence-corrected chi connectivity index (χ1v) is 1.73. The Bertz CT molecular complexity index is 45.5. The van der Waals surface area contributed by atoms with Gasteiger partial charge in [0.15, 0.2) is 0 Å². The van der Waals surface area contributed by atoms with E-state index >= 15 is 0 Å². The van der Waals surface area contributed by atoms with Gasteiger partial charge in [-0.15, -0.1) is 0 Å². The SMILES string of the molecule is [B]CC(=C)OC.